The van der Waals surface area contributed by atoms with Gasteiger partial charge in [0, 0.05) is 23.5 Å². The minimum Gasteiger partial charge on any atom is -0.287 e. The van der Waals surface area contributed by atoms with E-state index in [1.54, 1.807) is 36.4 Å². The highest BCUT2D eigenvalue weighted by Gasteiger charge is 2.03. The summed E-state index contributed by atoms with van der Waals surface area (Å²) in [6, 6.07) is 11.8. The molecule has 0 saturated carbocycles. The monoisotopic (exact) mass is 253 g/mol. The van der Waals surface area contributed by atoms with Crippen molar-refractivity contribution in [3.8, 4) is 0 Å². The highest BCUT2D eigenvalue weighted by Crippen LogP contribution is 1.98. The zero-order valence-corrected chi connectivity index (χ0v) is 9.98. The second-order valence-corrected chi connectivity index (χ2v) is 3.67. The first-order valence-corrected chi connectivity index (χ1v) is 5.60. The van der Waals surface area contributed by atoms with Crippen molar-refractivity contribution in [2.24, 2.45) is 5.10 Å². The number of carbonyl (C=O) groups excluding carboxylic acids is 2. The Morgan fingerprint density at radius 1 is 1.00 bits per heavy atom. The van der Waals surface area contributed by atoms with Crippen molar-refractivity contribution < 1.29 is 9.59 Å². The van der Waals surface area contributed by atoms with E-state index in [1.807, 2.05) is 6.07 Å². The first-order valence-electron chi connectivity index (χ1n) is 5.60. The lowest BCUT2D eigenvalue weighted by Gasteiger charge is -1.98. The van der Waals surface area contributed by atoms with Crippen LogP contribution in [0, 0.1) is 0 Å². The summed E-state index contributed by atoms with van der Waals surface area (Å²) in [7, 11) is 0. The number of benzene rings is 1. The Morgan fingerprint density at radius 2 is 1.68 bits per heavy atom. The molecular formula is C14H11N3O2. The fourth-order valence-corrected chi connectivity index (χ4v) is 1.39. The first kappa shape index (κ1) is 12.6. The van der Waals surface area contributed by atoms with Gasteiger partial charge in [0.15, 0.2) is 0 Å². The van der Waals surface area contributed by atoms with Gasteiger partial charge in [-0.25, -0.2) is 5.43 Å². The Balaban J connectivity index is 1.94. The maximum absolute atomic E-state index is 11.7. The molecule has 2 rings (SSSR count). The molecule has 0 aliphatic heterocycles. The van der Waals surface area contributed by atoms with E-state index in [2.05, 4.69) is 15.5 Å². The zero-order chi connectivity index (χ0) is 13.5. The van der Waals surface area contributed by atoms with Crippen LogP contribution >= 0.6 is 0 Å². The number of nitrogens with zero attached hydrogens (tertiary/aromatic N) is 2. The lowest BCUT2D eigenvalue weighted by molar-refractivity contribution is 0.0955. The van der Waals surface area contributed by atoms with Gasteiger partial charge in [-0.1, -0.05) is 30.3 Å². The number of Topliss-reactive ketones (excluding diaryl/α,β-unsaturated/α-hetero) is 1. The summed E-state index contributed by atoms with van der Waals surface area (Å²) in [5.74, 6) is -0.657. The molecule has 1 heterocycles. The van der Waals surface area contributed by atoms with Gasteiger partial charge in [-0.05, 0) is 12.1 Å². The lowest BCUT2D eigenvalue weighted by atomic mass is 10.1. The topological polar surface area (TPSA) is 71.4 Å². The Labute approximate surface area is 110 Å². The van der Waals surface area contributed by atoms with Gasteiger partial charge in [-0.3, -0.25) is 14.6 Å². The number of hydrogen-bond donors (Lipinski definition) is 1. The molecule has 1 aromatic heterocycles. The number of carbonyl (C=O) groups is 2. The summed E-state index contributed by atoms with van der Waals surface area (Å²) in [5, 5.41) is 3.63. The molecule has 0 saturated heterocycles. The molecule has 1 aromatic carbocycles. The second kappa shape index (κ2) is 6.20. The molecular weight excluding hydrogens is 242 g/mol. The summed E-state index contributed by atoms with van der Waals surface area (Å²) >= 11 is 0. The molecule has 0 aliphatic carbocycles. The van der Waals surface area contributed by atoms with Crippen molar-refractivity contribution in [1.82, 2.24) is 10.4 Å². The average molecular weight is 253 g/mol. The molecule has 0 atom stereocenters. The Kier molecular flexibility index (Phi) is 4.12. The average Bonchev–Trinajstić information content (AvgIpc) is 2.49. The number of amides is 1. The van der Waals surface area contributed by atoms with E-state index in [4.69, 9.17) is 0 Å². The predicted octanol–water partition coefficient (Wildman–Crippen LogP) is 1.68. The minimum absolute atomic E-state index is 0.268. The number of ketones is 1. The predicted molar refractivity (Wildman–Crippen MR) is 71.0 cm³/mol. The van der Waals surface area contributed by atoms with Crippen LogP contribution in [0.2, 0.25) is 0 Å². The summed E-state index contributed by atoms with van der Waals surface area (Å²) in [5.41, 5.74) is 3.23. The van der Waals surface area contributed by atoms with E-state index in [-0.39, 0.29) is 11.7 Å². The highest BCUT2D eigenvalue weighted by molar-refractivity contribution is 6.35. The molecule has 1 amide bonds. The third-order valence-corrected chi connectivity index (χ3v) is 2.35. The maximum atomic E-state index is 11.7. The van der Waals surface area contributed by atoms with E-state index >= 15 is 0 Å². The van der Waals surface area contributed by atoms with Crippen LogP contribution in [-0.4, -0.2) is 22.9 Å². The molecule has 5 nitrogen and oxygen atoms in total. The molecule has 0 bridgehead atoms. The van der Waals surface area contributed by atoms with Crippen molar-refractivity contribution in [3.63, 3.8) is 0 Å². The van der Waals surface area contributed by atoms with Gasteiger partial charge >= 0.3 is 0 Å². The van der Waals surface area contributed by atoms with Crippen LogP contribution in [0.5, 0.6) is 0 Å². The first-order chi connectivity index (χ1) is 9.27. The number of rotatable bonds is 4. The van der Waals surface area contributed by atoms with E-state index in [0.717, 1.165) is 6.21 Å². The van der Waals surface area contributed by atoms with Crippen molar-refractivity contribution in [2.45, 2.75) is 0 Å². The molecule has 0 aliphatic rings. The highest BCUT2D eigenvalue weighted by atomic mass is 16.2. The molecule has 0 spiro atoms. The van der Waals surface area contributed by atoms with E-state index in [1.165, 1.54) is 12.4 Å². The van der Waals surface area contributed by atoms with Crippen molar-refractivity contribution >= 4 is 17.9 Å². The molecule has 5 heteroatoms. The molecule has 2 aromatic rings. The number of pyridine rings is 1. The molecule has 0 unspecified atom stereocenters. The van der Waals surface area contributed by atoms with E-state index < -0.39 is 0 Å². The fraction of sp³-hybridized carbons (Fsp3) is 0. The van der Waals surface area contributed by atoms with Crippen LogP contribution in [0.3, 0.4) is 0 Å². The standard InChI is InChI=1S/C14H11N3O2/c18-13(11-4-2-1-3-5-11)10-16-17-14(19)12-6-8-15-9-7-12/h1-10H,(H,17,19). The Morgan fingerprint density at radius 3 is 2.37 bits per heavy atom. The molecule has 94 valence electrons. The lowest BCUT2D eigenvalue weighted by Crippen LogP contribution is -2.18. The molecule has 1 N–H and O–H groups in total. The minimum atomic E-state index is -0.389. The van der Waals surface area contributed by atoms with Gasteiger partial charge in [0.2, 0.25) is 5.78 Å². The third-order valence-electron chi connectivity index (χ3n) is 2.35. The quantitative estimate of drug-likeness (QED) is 0.512. The molecule has 19 heavy (non-hydrogen) atoms. The maximum Gasteiger partial charge on any atom is 0.271 e. The number of aromatic nitrogens is 1. The van der Waals surface area contributed by atoms with Gasteiger partial charge in [0.25, 0.3) is 5.91 Å². The van der Waals surface area contributed by atoms with Crippen molar-refractivity contribution in [1.29, 1.82) is 0 Å². The van der Waals surface area contributed by atoms with Crippen LogP contribution in [-0.2, 0) is 0 Å². The van der Waals surface area contributed by atoms with Gasteiger partial charge in [-0.15, -0.1) is 0 Å². The van der Waals surface area contributed by atoms with E-state index in [9.17, 15) is 9.59 Å². The van der Waals surface area contributed by atoms with Crippen LogP contribution < -0.4 is 5.43 Å². The summed E-state index contributed by atoms with van der Waals surface area (Å²) < 4.78 is 0. The largest absolute Gasteiger partial charge is 0.287 e. The fourth-order valence-electron chi connectivity index (χ4n) is 1.39. The van der Waals surface area contributed by atoms with Gasteiger partial charge in [0.05, 0.1) is 6.21 Å². The zero-order valence-electron chi connectivity index (χ0n) is 9.98. The van der Waals surface area contributed by atoms with Gasteiger partial charge in [0.1, 0.15) is 0 Å². The van der Waals surface area contributed by atoms with Crippen LogP contribution in [0.4, 0.5) is 0 Å². The van der Waals surface area contributed by atoms with Gasteiger partial charge in [-0.2, -0.15) is 5.10 Å². The van der Waals surface area contributed by atoms with Gasteiger partial charge < -0.3 is 0 Å². The number of hydrogen-bond acceptors (Lipinski definition) is 4. The summed E-state index contributed by atoms with van der Waals surface area (Å²) in [4.78, 5) is 27.1. The van der Waals surface area contributed by atoms with Crippen molar-refractivity contribution in [3.05, 3.63) is 66.0 Å². The van der Waals surface area contributed by atoms with Crippen LogP contribution in [0.25, 0.3) is 0 Å². The number of nitrogens with one attached hydrogen (secondary N) is 1. The summed E-state index contributed by atoms with van der Waals surface area (Å²) in [6.07, 6.45) is 4.09. The third kappa shape index (κ3) is 3.57. The second-order valence-electron chi connectivity index (χ2n) is 3.67. The van der Waals surface area contributed by atoms with Crippen molar-refractivity contribution in [2.75, 3.05) is 0 Å². The Hall–Kier alpha value is -2.82. The SMILES string of the molecule is O=C(C=NNC(=O)c1ccncc1)c1ccccc1. The van der Waals surface area contributed by atoms with E-state index in [0.29, 0.717) is 11.1 Å². The molecule has 0 radical (unpaired) electrons. The molecule has 0 fully saturated rings. The normalized spacial score (nSPS) is 10.3. The summed E-state index contributed by atoms with van der Waals surface area (Å²) in [6.45, 7) is 0. The number of hydrazone groups is 1. The van der Waals surface area contributed by atoms with Crippen LogP contribution in [0.1, 0.15) is 20.7 Å². The Bertz CT molecular complexity index is 595. The smallest absolute Gasteiger partial charge is 0.271 e. The van der Waals surface area contributed by atoms with Crippen LogP contribution in [0.15, 0.2) is 60.0 Å².